The van der Waals surface area contributed by atoms with Crippen LogP contribution in [0.1, 0.15) is 35.8 Å². The van der Waals surface area contributed by atoms with Crippen LogP contribution in [-0.4, -0.2) is 44.8 Å². The maximum atomic E-state index is 14.1. The third-order valence-corrected chi connectivity index (χ3v) is 6.06. The SMILES string of the molecule is CC(OC(=O)c1cc(S(=O)(=O)N(C)C)ccc1F)C(=O)NC(C)c1ccccc1. The Hall–Kier alpha value is -2.78. The molecule has 0 aliphatic heterocycles. The van der Waals surface area contributed by atoms with E-state index < -0.39 is 39.4 Å². The molecule has 0 bridgehead atoms. The van der Waals surface area contributed by atoms with Crippen molar-refractivity contribution in [3.05, 3.63) is 65.5 Å². The Morgan fingerprint density at radius 3 is 2.28 bits per heavy atom. The minimum absolute atomic E-state index is 0.259. The lowest BCUT2D eigenvalue weighted by Gasteiger charge is -2.18. The normalized spacial score (nSPS) is 13.6. The van der Waals surface area contributed by atoms with E-state index >= 15 is 0 Å². The molecule has 2 rings (SSSR count). The van der Waals surface area contributed by atoms with E-state index in [-0.39, 0.29) is 10.9 Å². The van der Waals surface area contributed by atoms with Crippen LogP contribution in [0.5, 0.6) is 0 Å². The molecule has 2 aromatic rings. The number of nitrogens with one attached hydrogen (secondary N) is 1. The largest absolute Gasteiger partial charge is 0.449 e. The predicted octanol–water partition coefficient (Wildman–Crippen LogP) is 2.50. The van der Waals surface area contributed by atoms with Crippen LogP contribution in [0.15, 0.2) is 53.4 Å². The molecule has 0 saturated heterocycles. The Kier molecular flexibility index (Phi) is 7.10. The molecule has 7 nitrogen and oxygen atoms in total. The van der Waals surface area contributed by atoms with E-state index in [2.05, 4.69) is 5.32 Å². The van der Waals surface area contributed by atoms with E-state index in [0.29, 0.717) is 0 Å². The van der Waals surface area contributed by atoms with Crippen LogP contribution in [0.3, 0.4) is 0 Å². The van der Waals surface area contributed by atoms with Crippen LogP contribution in [0.2, 0.25) is 0 Å². The number of amides is 1. The van der Waals surface area contributed by atoms with Crippen LogP contribution in [0.4, 0.5) is 4.39 Å². The van der Waals surface area contributed by atoms with Gasteiger partial charge in [0.15, 0.2) is 6.10 Å². The maximum absolute atomic E-state index is 14.1. The van der Waals surface area contributed by atoms with Gasteiger partial charge < -0.3 is 10.1 Å². The van der Waals surface area contributed by atoms with E-state index in [4.69, 9.17) is 4.74 Å². The third-order valence-electron chi connectivity index (χ3n) is 4.25. The highest BCUT2D eigenvalue weighted by Crippen LogP contribution is 2.19. The lowest BCUT2D eigenvalue weighted by Crippen LogP contribution is -2.37. The van der Waals surface area contributed by atoms with Crippen molar-refractivity contribution in [2.24, 2.45) is 0 Å². The first-order valence-electron chi connectivity index (χ1n) is 8.82. The van der Waals surface area contributed by atoms with Crippen molar-refractivity contribution in [1.82, 2.24) is 9.62 Å². The lowest BCUT2D eigenvalue weighted by molar-refractivity contribution is -0.129. The van der Waals surface area contributed by atoms with Crippen molar-refractivity contribution in [2.75, 3.05) is 14.1 Å². The fourth-order valence-corrected chi connectivity index (χ4v) is 3.39. The van der Waals surface area contributed by atoms with E-state index in [1.165, 1.54) is 21.0 Å². The van der Waals surface area contributed by atoms with Crippen molar-refractivity contribution < 1.29 is 27.1 Å². The Bertz CT molecular complexity index is 993. The summed E-state index contributed by atoms with van der Waals surface area (Å²) >= 11 is 0. The molecule has 2 aromatic carbocycles. The highest BCUT2D eigenvalue weighted by Gasteiger charge is 2.25. The summed E-state index contributed by atoms with van der Waals surface area (Å²) in [5.41, 5.74) is 0.302. The number of esters is 1. The van der Waals surface area contributed by atoms with Crippen molar-refractivity contribution >= 4 is 21.9 Å². The molecule has 9 heteroatoms. The number of hydrogen-bond acceptors (Lipinski definition) is 5. The zero-order valence-corrected chi connectivity index (χ0v) is 17.4. The molecule has 0 fully saturated rings. The highest BCUT2D eigenvalue weighted by atomic mass is 32.2. The molecule has 1 amide bonds. The summed E-state index contributed by atoms with van der Waals surface area (Å²) in [5, 5.41) is 2.71. The molecule has 1 N–H and O–H groups in total. The van der Waals surface area contributed by atoms with Gasteiger partial charge in [0, 0.05) is 14.1 Å². The molecule has 0 saturated carbocycles. The second kappa shape index (κ2) is 9.15. The summed E-state index contributed by atoms with van der Waals surface area (Å²) in [6.07, 6.45) is -1.21. The molecule has 0 heterocycles. The minimum Gasteiger partial charge on any atom is -0.449 e. The number of carbonyl (C=O) groups is 2. The number of sulfonamides is 1. The van der Waals surface area contributed by atoms with E-state index in [0.717, 1.165) is 28.1 Å². The van der Waals surface area contributed by atoms with Crippen LogP contribution in [0, 0.1) is 5.82 Å². The van der Waals surface area contributed by atoms with Gasteiger partial charge in [-0.3, -0.25) is 4.79 Å². The zero-order valence-electron chi connectivity index (χ0n) is 16.5. The van der Waals surface area contributed by atoms with Gasteiger partial charge in [-0.2, -0.15) is 0 Å². The van der Waals surface area contributed by atoms with Crippen molar-refractivity contribution in [3.8, 4) is 0 Å². The Morgan fingerprint density at radius 2 is 1.69 bits per heavy atom. The molecule has 0 aliphatic rings. The highest BCUT2D eigenvalue weighted by molar-refractivity contribution is 7.89. The fraction of sp³-hybridized carbons (Fsp3) is 0.300. The smallest absolute Gasteiger partial charge is 0.341 e. The second-order valence-electron chi connectivity index (χ2n) is 6.62. The van der Waals surface area contributed by atoms with Gasteiger partial charge in [-0.25, -0.2) is 21.9 Å². The van der Waals surface area contributed by atoms with Gasteiger partial charge in [-0.1, -0.05) is 30.3 Å². The van der Waals surface area contributed by atoms with Crippen LogP contribution < -0.4 is 5.32 Å². The predicted molar refractivity (Wildman–Crippen MR) is 105 cm³/mol. The molecule has 2 atom stereocenters. The molecule has 0 radical (unpaired) electrons. The first-order valence-corrected chi connectivity index (χ1v) is 10.3. The van der Waals surface area contributed by atoms with Gasteiger partial charge in [-0.05, 0) is 37.6 Å². The van der Waals surface area contributed by atoms with Gasteiger partial charge in [0.2, 0.25) is 10.0 Å². The van der Waals surface area contributed by atoms with Gasteiger partial charge in [-0.15, -0.1) is 0 Å². The standard InChI is InChI=1S/C20H23FN2O5S/c1-13(15-8-6-5-7-9-15)22-19(24)14(2)28-20(25)17-12-16(10-11-18(17)21)29(26,27)23(3)4/h5-14H,1-4H3,(H,22,24). The van der Waals surface area contributed by atoms with E-state index in [1.807, 2.05) is 30.3 Å². The Balaban J connectivity index is 2.12. The number of hydrogen-bond donors (Lipinski definition) is 1. The van der Waals surface area contributed by atoms with Crippen molar-refractivity contribution in [2.45, 2.75) is 30.9 Å². The summed E-state index contributed by atoms with van der Waals surface area (Å²) in [5.74, 6) is -2.64. The number of ether oxygens (including phenoxy) is 1. The molecule has 156 valence electrons. The van der Waals surface area contributed by atoms with Gasteiger partial charge in [0.1, 0.15) is 5.82 Å². The molecular formula is C20H23FN2O5S. The number of benzene rings is 2. The average Bonchev–Trinajstić information content (AvgIpc) is 2.68. The summed E-state index contributed by atoms with van der Waals surface area (Å²) in [6.45, 7) is 3.13. The average molecular weight is 422 g/mol. The quantitative estimate of drug-likeness (QED) is 0.692. The molecule has 0 spiro atoms. The molecular weight excluding hydrogens is 399 g/mol. The van der Waals surface area contributed by atoms with E-state index in [9.17, 15) is 22.4 Å². The Labute approximate surface area is 169 Å². The Morgan fingerprint density at radius 1 is 1.07 bits per heavy atom. The summed E-state index contributed by atoms with van der Waals surface area (Å²) in [7, 11) is -1.23. The number of rotatable bonds is 7. The van der Waals surface area contributed by atoms with Crippen molar-refractivity contribution in [3.63, 3.8) is 0 Å². The number of halogens is 1. The molecule has 0 aromatic heterocycles. The number of carbonyl (C=O) groups excluding carboxylic acids is 2. The molecule has 29 heavy (non-hydrogen) atoms. The van der Waals surface area contributed by atoms with Crippen LogP contribution in [0.25, 0.3) is 0 Å². The van der Waals surface area contributed by atoms with E-state index in [1.54, 1.807) is 6.92 Å². The zero-order chi connectivity index (χ0) is 21.8. The second-order valence-corrected chi connectivity index (χ2v) is 8.77. The monoisotopic (exact) mass is 422 g/mol. The summed E-state index contributed by atoms with van der Waals surface area (Å²) in [4.78, 5) is 24.4. The molecule has 0 aliphatic carbocycles. The van der Waals surface area contributed by atoms with Crippen LogP contribution in [-0.2, 0) is 19.6 Å². The number of nitrogens with zero attached hydrogens (tertiary/aromatic N) is 1. The minimum atomic E-state index is -3.86. The fourth-order valence-electron chi connectivity index (χ4n) is 2.47. The van der Waals surface area contributed by atoms with Crippen molar-refractivity contribution in [1.29, 1.82) is 0 Å². The lowest BCUT2D eigenvalue weighted by atomic mass is 10.1. The summed E-state index contributed by atoms with van der Waals surface area (Å²) in [6, 6.07) is 11.7. The van der Waals surface area contributed by atoms with Crippen LogP contribution >= 0.6 is 0 Å². The van der Waals surface area contributed by atoms with Gasteiger partial charge in [0.25, 0.3) is 5.91 Å². The van der Waals surface area contributed by atoms with Gasteiger partial charge >= 0.3 is 5.97 Å². The third kappa shape index (κ3) is 5.39. The first kappa shape index (κ1) is 22.5. The summed E-state index contributed by atoms with van der Waals surface area (Å²) < 4.78 is 44.5. The first-order chi connectivity index (χ1) is 13.5. The maximum Gasteiger partial charge on any atom is 0.341 e. The van der Waals surface area contributed by atoms with Gasteiger partial charge in [0.05, 0.1) is 16.5 Å². The molecule has 2 unspecified atom stereocenters. The topological polar surface area (TPSA) is 92.8 Å².